The molecule has 4 heteroatoms. The minimum absolute atomic E-state index is 0.281. The van der Waals surface area contributed by atoms with Gasteiger partial charge in [-0.25, -0.2) is 4.39 Å². The largest absolute Gasteiger partial charge is 0.384 e. The highest BCUT2D eigenvalue weighted by atomic mass is 79.9. The fourth-order valence-corrected chi connectivity index (χ4v) is 4.01. The lowest BCUT2D eigenvalue weighted by molar-refractivity contribution is 0.221. The van der Waals surface area contributed by atoms with Crippen LogP contribution in [0.4, 0.5) is 4.39 Å². The van der Waals surface area contributed by atoms with Crippen molar-refractivity contribution in [3.05, 3.63) is 68.8 Å². The van der Waals surface area contributed by atoms with E-state index in [1.165, 1.54) is 12.1 Å². The molecule has 3 aromatic rings. The quantitative estimate of drug-likeness (QED) is 0.673. The van der Waals surface area contributed by atoms with Crippen LogP contribution < -0.4 is 0 Å². The van der Waals surface area contributed by atoms with E-state index in [1.54, 1.807) is 17.4 Å². The summed E-state index contributed by atoms with van der Waals surface area (Å²) in [5, 5.41) is 13.6. The van der Waals surface area contributed by atoms with Crippen molar-refractivity contribution in [2.24, 2.45) is 0 Å². The van der Waals surface area contributed by atoms with E-state index >= 15 is 0 Å². The van der Waals surface area contributed by atoms with Crippen LogP contribution in [0.5, 0.6) is 0 Å². The third-order valence-corrected chi connectivity index (χ3v) is 5.37. The summed E-state index contributed by atoms with van der Waals surface area (Å²) in [6.45, 7) is 1.81. The lowest BCUT2D eigenvalue weighted by Crippen LogP contribution is -2.01. The smallest absolute Gasteiger partial charge is 0.123 e. The van der Waals surface area contributed by atoms with Gasteiger partial charge in [-0.05, 0) is 62.9 Å². The van der Waals surface area contributed by atoms with Crippen molar-refractivity contribution in [1.82, 2.24) is 0 Å². The van der Waals surface area contributed by atoms with E-state index < -0.39 is 6.10 Å². The molecule has 1 nitrogen and oxygen atoms in total. The molecule has 0 aliphatic carbocycles. The second-order valence-corrected chi connectivity index (χ2v) is 6.45. The Morgan fingerprint density at radius 3 is 2.75 bits per heavy atom. The normalized spacial score (nSPS) is 12.8. The van der Waals surface area contributed by atoms with Crippen molar-refractivity contribution in [2.45, 2.75) is 13.0 Å². The first-order valence-electron chi connectivity index (χ1n) is 6.17. The minimum Gasteiger partial charge on any atom is -0.384 e. The van der Waals surface area contributed by atoms with Crippen molar-refractivity contribution < 1.29 is 9.50 Å². The number of aliphatic hydroxyl groups is 1. The third-order valence-electron chi connectivity index (χ3n) is 3.40. The van der Waals surface area contributed by atoms with E-state index in [0.29, 0.717) is 0 Å². The van der Waals surface area contributed by atoms with Crippen LogP contribution in [0.1, 0.15) is 22.8 Å². The highest BCUT2D eigenvalue weighted by Gasteiger charge is 2.18. The molecule has 0 amide bonds. The SMILES string of the molecule is Cc1cc(F)ccc1C(O)c1csc2c(Br)cccc12. The van der Waals surface area contributed by atoms with Crippen LogP contribution in [0.15, 0.2) is 46.3 Å². The maximum Gasteiger partial charge on any atom is 0.123 e. The van der Waals surface area contributed by atoms with Gasteiger partial charge in [-0.2, -0.15) is 0 Å². The zero-order valence-corrected chi connectivity index (χ0v) is 13.1. The molecule has 1 unspecified atom stereocenters. The molecular formula is C16H12BrFOS. The van der Waals surface area contributed by atoms with Gasteiger partial charge in [0.05, 0.1) is 0 Å². The van der Waals surface area contributed by atoms with Gasteiger partial charge in [0.1, 0.15) is 11.9 Å². The highest BCUT2D eigenvalue weighted by Crippen LogP contribution is 2.37. The molecule has 2 aromatic carbocycles. The number of aryl methyl sites for hydroxylation is 1. The monoisotopic (exact) mass is 350 g/mol. The first kappa shape index (κ1) is 13.7. The Bertz CT molecular complexity index is 781. The molecule has 1 aromatic heterocycles. The molecule has 3 rings (SSSR count). The molecule has 0 saturated heterocycles. The van der Waals surface area contributed by atoms with Gasteiger partial charge in [-0.15, -0.1) is 11.3 Å². The first-order valence-corrected chi connectivity index (χ1v) is 7.85. The Hall–Kier alpha value is -1.23. The van der Waals surface area contributed by atoms with Crippen molar-refractivity contribution in [3.8, 4) is 0 Å². The Balaban J connectivity index is 2.13. The number of fused-ring (bicyclic) bond motifs is 1. The summed E-state index contributed by atoms with van der Waals surface area (Å²) >= 11 is 5.11. The second-order valence-electron chi connectivity index (χ2n) is 4.71. The summed E-state index contributed by atoms with van der Waals surface area (Å²) in [6.07, 6.45) is -0.737. The summed E-state index contributed by atoms with van der Waals surface area (Å²) in [4.78, 5) is 0. The summed E-state index contributed by atoms with van der Waals surface area (Å²) < 4.78 is 15.3. The van der Waals surface area contributed by atoms with Crippen molar-refractivity contribution in [3.63, 3.8) is 0 Å². The third kappa shape index (κ3) is 2.28. The molecule has 0 spiro atoms. The average molecular weight is 351 g/mol. The predicted molar refractivity (Wildman–Crippen MR) is 84.7 cm³/mol. The van der Waals surface area contributed by atoms with Gasteiger partial charge in [0.25, 0.3) is 0 Å². The van der Waals surface area contributed by atoms with Crippen LogP contribution in [0.2, 0.25) is 0 Å². The maximum atomic E-state index is 13.2. The summed E-state index contributed by atoms with van der Waals surface area (Å²) in [6, 6.07) is 10.4. The summed E-state index contributed by atoms with van der Waals surface area (Å²) in [5.74, 6) is -0.281. The van der Waals surface area contributed by atoms with Crippen LogP contribution in [0.25, 0.3) is 10.1 Å². The number of thiophene rings is 1. The van der Waals surface area contributed by atoms with Crippen LogP contribution >= 0.6 is 27.3 Å². The van der Waals surface area contributed by atoms with Crippen LogP contribution in [-0.2, 0) is 0 Å². The molecule has 20 heavy (non-hydrogen) atoms. The summed E-state index contributed by atoms with van der Waals surface area (Å²) in [7, 11) is 0. The van der Waals surface area contributed by atoms with Crippen LogP contribution in [-0.4, -0.2) is 5.11 Å². The standard InChI is InChI=1S/C16H12BrFOS/c1-9-7-10(18)5-6-11(9)15(19)13-8-20-16-12(13)3-2-4-14(16)17/h2-8,15,19H,1H3. The fraction of sp³-hybridized carbons (Fsp3) is 0.125. The van der Waals surface area contributed by atoms with E-state index in [1.807, 2.05) is 30.5 Å². The molecule has 1 N–H and O–H groups in total. The number of benzene rings is 2. The predicted octanol–water partition coefficient (Wildman–Crippen LogP) is 5.19. The van der Waals surface area contributed by atoms with E-state index in [4.69, 9.17) is 0 Å². The zero-order valence-electron chi connectivity index (χ0n) is 10.7. The molecule has 0 radical (unpaired) electrons. The first-order chi connectivity index (χ1) is 9.58. The lowest BCUT2D eigenvalue weighted by Gasteiger charge is -2.13. The Morgan fingerprint density at radius 1 is 1.20 bits per heavy atom. The second kappa shape index (κ2) is 5.28. The van der Waals surface area contributed by atoms with E-state index in [-0.39, 0.29) is 5.82 Å². The molecule has 0 bridgehead atoms. The van der Waals surface area contributed by atoms with Gasteiger partial charge in [0.15, 0.2) is 0 Å². The molecule has 1 heterocycles. The summed E-state index contributed by atoms with van der Waals surface area (Å²) in [5.41, 5.74) is 2.36. The average Bonchev–Trinajstić information content (AvgIpc) is 2.83. The molecule has 0 fully saturated rings. The van der Waals surface area contributed by atoms with Crippen molar-refractivity contribution in [2.75, 3.05) is 0 Å². The molecule has 0 saturated carbocycles. The minimum atomic E-state index is -0.737. The topological polar surface area (TPSA) is 20.2 Å². The lowest BCUT2D eigenvalue weighted by atomic mass is 9.97. The van der Waals surface area contributed by atoms with Gasteiger partial charge in [-0.3, -0.25) is 0 Å². The Kier molecular flexibility index (Phi) is 3.63. The number of hydrogen-bond acceptors (Lipinski definition) is 2. The van der Waals surface area contributed by atoms with Crippen molar-refractivity contribution in [1.29, 1.82) is 0 Å². The van der Waals surface area contributed by atoms with Gasteiger partial charge < -0.3 is 5.11 Å². The maximum absolute atomic E-state index is 13.2. The number of rotatable bonds is 2. The molecule has 102 valence electrons. The van der Waals surface area contributed by atoms with Crippen LogP contribution in [0.3, 0.4) is 0 Å². The van der Waals surface area contributed by atoms with Gasteiger partial charge in [0.2, 0.25) is 0 Å². The van der Waals surface area contributed by atoms with Crippen LogP contribution in [0, 0.1) is 12.7 Å². The fourth-order valence-electron chi connectivity index (χ4n) is 2.37. The molecular weight excluding hydrogens is 339 g/mol. The number of aliphatic hydroxyl groups excluding tert-OH is 1. The zero-order chi connectivity index (χ0) is 14.3. The van der Waals surface area contributed by atoms with E-state index in [9.17, 15) is 9.50 Å². The van der Waals surface area contributed by atoms with Gasteiger partial charge >= 0.3 is 0 Å². The van der Waals surface area contributed by atoms with Crippen molar-refractivity contribution >= 4 is 37.4 Å². The Morgan fingerprint density at radius 2 is 2.00 bits per heavy atom. The number of hydrogen-bond donors (Lipinski definition) is 1. The molecule has 0 aliphatic heterocycles. The van der Waals surface area contributed by atoms with E-state index in [2.05, 4.69) is 15.9 Å². The Labute approximate surface area is 128 Å². The van der Waals surface area contributed by atoms with E-state index in [0.717, 1.165) is 31.2 Å². The highest BCUT2D eigenvalue weighted by molar-refractivity contribution is 9.10. The number of halogens is 2. The molecule has 0 aliphatic rings. The van der Waals surface area contributed by atoms with Gasteiger partial charge in [-0.1, -0.05) is 18.2 Å². The molecule has 1 atom stereocenters. The van der Waals surface area contributed by atoms with Gasteiger partial charge in [0, 0.05) is 14.7 Å².